The van der Waals surface area contributed by atoms with Crippen LogP contribution in [0.4, 0.5) is 4.79 Å². The minimum absolute atomic E-state index is 0.260. The lowest BCUT2D eigenvalue weighted by atomic mass is 10.2. The fourth-order valence-electron chi connectivity index (χ4n) is 1.97. The van der Waals surface area contributed by atoms with Crippen LogP contribution >= 0.6 is 11.8 Å². The Balaban J connectivity index is 1.64. The molecule has 1 aliphatic heterocycles. The molecule has 2 N–H and O–H groups in total. The number of rotatable bonds is 3. The summed E-state index contributed by atoms with van der Waals surface area (Å²) in [7, 11) is 0. The Hall–Kier alpha value is -0.420. The molecule has 17 heavy (non-hydrogen) atoms. The zero-order valence-corrected chi connectivity index (χ0v) is 11.6. The summed E-state index contributed by atoms with van der Waals surface area (Å²) >= 11 is 2.00. The smallest absolute Gasteiger partial charge is 0.407 e. The molecule has 0 bridgehead atoms. The fourth-order valence-corrected chi connectivity index (χ4v) is 3.13. The van der Waals surface area contributed by atoms with E-state index in [1.54, 1.807) is 0 Å². The molecule has 1 amide bonds. The Morgan fingerprint density at radius 2 is 2.12 bits per heavy atom. The molecule has 3 unspecified atom stereocenters. The molecule has 5 heteroatoms. The lowest BCUT2D eigenvalue weighted by molar-refractivity contribution is 0.0522. The SMILES string of the molecule is CC(C)(C)OC(=O)NC1CC1NC1CCSC1. The van der Waals surface area contributed by atoms with Crippen LogP contribution in [0.3, 0.4) is 0 Å². The summed E-state index contributed by atoms with van der Waals surface area (Å²) in [6.07, 6.45) is 1.98. The predicted octanol–water partition coefficient (Wildman–Crippen LogP) is 1.75. The monoisotopic (exact) mass is 258 g/mol. The minimum Gasteiger partial charge on any atom is -0.444 e. The largest absolute Gasteiger partial charge is 0.444 e. The van der Waals surface area contributed by atoms with E-state index in [0.29, 0.717) is 12.1 Å². The van der Waals surface area contributed by atoms with Crippen molar-refractivity contribution in [3.8, 4) is 0 Å². The van der Waals surface area contributed by atoms with Gasteiger partial charge in [0.1, 0.15) is 5.60 Å². The van der Waals surface area contributed by atoms with Gasteiger partial charge in [-0.2, -0.15) is 11.8 Å². The van der Waals surface area contributed by atoms with Gasteiger partial charge in [-0.3, -0.25) is 0 Å². The van der Waals surface area contributed by atoms with Gasteiger partial charge in [0.25, 0.3) is 0 Å². The number of alkyl carbamates (subject to hydrolysis) is 1. The first-order valence-corrected chi connectivity index (χ1v) is 7.43. The first kappa shape index (κ1) is 13.0. The maximum atomic E-state index is 11.5. The summed E-state index contributed by atoms with van der Waals surface area (Å²) in [4.78, 5) is 11.5. The Bertz CT molecular complexity index is 285. The third kappa shape index (κ3) is 4.39. The number of hydrogen-bond donors (Lipinski definition) is 2. The molecule has 2 aliphatic rings. The highest BCUT2D eigenvalue weighted by Gasteiger charge is 2.40. The first-order valence-electron chi connectivity index (χ1n) is 6.27. The first-order chi connectivity index (χ1) is 7.94. The number of thioether (sulfide) groups is 1. The Kier molecular flexibility index (Phi) is 3.88. The zero-order valence-electron chi connectivity index (χ0n) is 10.8. The molecule has 1 saturated carbocycles. The summed E-state index contributed by atoms with van der Waals surface area (Å²) in [5, 5.41) is 6.48. The van der Waals surface area contributed by atoms with E-state index in [1.165, 1.54) is 17.9 Å². The Labute approximate surface area is 107 Å². The standard InChI is InChI=1S/C12H22N2O2S/c1-12(2,3)16-11(15)14-10-6-9(10)13-8-4-5-17-7-8/h8-10,13H,4-7H2,1-3H3,(H,14,15). The summed E-state index contributed by atoms with van der Waals surface area (Å²) in [5.41, 5.74) is -0.413. The second-order valence-electron chi connectivity index (χ2n) is 5.82. The molecule has 98 valence electrons. The number of ether oxygens (including phenoxy) is 1. The van der Waals surface area contributed by atoms with Crippen LogP contribution in [-0.4, -0.2) is 41.3 Å². The van der Waals surface area contributed by atoms with Gasteiger partial charge >= 0.3 is 6.09 Å². The maximum Gasteiger partial charge on any atom is 0.407 e. The predicted molar refractivity (Wildman–Crippen MR) is 70.4 cm³/mol. The van der Waals surface area contributed by atoms with Crippen molar-refractivity contribution < 1.29 is 9.53 Å². The average Bonchev–Trinajstić information content (AvgIpc) is 2.70. The molecule has 1 aliphatic carbocycles. The van der Waals surface area contributed by atoms with Crippen molar-refractivity contribution in [1.82, 2.24) is 10.6 Å². The number of carbonyl (C=O) groups excluding carboxylic acids is 1. The lowest BCUT2D eigenvalue weighted by Crippen LogP contribution is -2.39. The highest BCUT2D eigenvalue weighted by Crippen LogP contribution is 2.26. The molecule has 0 radical (unpaired) electrons. The number of nitrogens with one attached hydrogen (secondary N) is 2. The fraction of sp³-hybridized carbons (Fsp3) is 0.917. The van der Waals surface area contributed by atoms with Gasteiger partial charge in [0, 0.05) is 23.9 Å². The molecule has 2 fully saturated rings. The van der Waals surface area contributed by atoms with Crippen molar-refractivity contribution in [2.45, 2.75) is 57.3 Å². The zero-order chi connectivity index (χ0) is 12.5. The van der Waals surface area contributed by atoms with E-state index >= 15 is 0 Å². The lowest BCUT2D eigenvalue weighted by Gasteiger charge is -2.20. The van der Waals surface area contributed by atoms with E-state index in [0.717, 1.165) is 6.42 Å². The molecule has 0 aromatic rings. The summed E-state index contributed by atoms with van der Waals surface area (Å²) in [6.45, 7) is 5.64. The highest BCUT2D eigenvalue weighted by atomic mass is 32.2. The minimum atomic E-state index is -0.413. The molecular weight excluding hydrogens is 236 g/mol. The van der Waals surface area contributed by atoms with Crippen LogP contribution in [-0.2, 0) is 4.74 Å². The van der Waals surface area contributed by atoms with Gasteiger partial charge in [-0.15, -0.1) is 0 Å². The van der Waals surface area contributed by atoms with E-state index in [2.05, 4.69) is 10.6 Å². The highest BCUT2D eigenvalue weighted by molar-refractivity contribution is 7.99. The quantitative estimate of drug-likeness (QED) is 0.810. The third-order valence-electron chi connectivity index (χ3n) is 2.87. The van der Waals surface area contributed by atoms with Gasteiger partial charge in [-0.05, 0) is 39.4 Å². The Morgan fingerprint density at radius 3 is 2.71 bits per heavy atom. The van der Waals surface area contributed by atoms with Crippen molar-refractivity contribution in [2.75, 3.05) is 11.5 Å². The molecule has 3 atom stereocenters. The summed E-state index contributed by atoms with van der Waals surface area (Å²) in [6, 6.07) is 1.34. The molecule has 2 rings (SSSR count). The van der Waals surface area contributed by atoms with Gasteiger partial charge < -0.3 is 15.4 Å². The van der Waals surface area contributed by atoms with Crippen molar-refractivity contribution in [2.24, 2.45) is 0 Å². The third-order valence-corrected chi connectivity index (χ3v) is 4.03. The van der Waals surface area contributed by atoms with Gasteiger partial charge in [0.05, 0.1) is 0 Å². The number of hydrogen-bond acceptors (Lipinski definition) is 4. The number of amides is 1. The van der Waals surface area contributed by atoms with Crippen LogP contribution in [0, 0.1) is 0 Å². The van der Waals surface area contributed by atoms with Crippen molar-refractivity contribution >= 4 is 17.9 Å². The van der Waals surface area contributed by atoms with Crippen LogP contribution in [0.5, 0.6) is 0 Å². The second-order valence-corrected chi connectivity index (χ2v) is 6.97. The average molecular weight is 258 g/mol. The normalized spacial score (nSPS) is 32.3. The van der Waals surface area contributed by atoms with Crippen LogP contribution < -0.4 is 10.6 Å². The van der Waals surface area contributed by atoms with E-state index in [1.807, 2.05) is 32.5 Å². The van der Waals surface area contributed by atoms with E-state index in [9.17, 15) is 4.79 Å². The van der Waals surface area contributed by atoms with Crippen LogP contribution in [0.2, 0.25) is 0 Å². The van der Waals surface area contributed by atoms with Gasteiger partial charge in [0.15, 0.2) is 0 Å². The molecule has 0 spiro atoms. The van der Waals surface area contributed by atoms with Crippen molar-refractivity contribution in [3.63, 3.8) is 0 Å². The van der Waals surface area contributed by atoms with Gasteiger partial charge in [-0.25, -0.2) is 4.79 Å². The topological polar surface area (TPSA) is 50.4 Å². The summed E-state index contributed by atoms with van der Waals surface area (Å²) in [5.74, 6) is 2.46. The molecule has 0 aromatic carbocycles. The van der Waals surface area contributed by atoms with Crippen LogP contribution in [0.15, 0.2) is 0 Å². The van der Waals surface area contributed by atoms with Crippen molar-refractivity contribution in [3.05, 3.63) is 0 Å². The molecule has 1 saturated heterocycles. The second kappa shape index (κ2) is 5.06. The van der Waals surface area contributed by atoms with E-state index in [4.69, 9.17) is 4.74 Å². The van der Waals surface area contributed by atoms with Gasteiger partial charge in [-0.1, -0.05) is 0 Å². The van der Waals surface area contributed by atoms with Crippen LogP contribution in [0.25, 0.3) is 0 Å². The number of carbonyl (C=O) groups is 1. The molecule has 1 heterocycles. The van der Waals surface area contributed by atoms with Crippen molar-refractivity contribution in [1.29, 1.82) is 0 Å². The maximum absolute atomic E-state index is 11.5. The van der Waals surface area contributed by atoms with E-state index in [-0.39, 0.29) is 12.1 Å². The van der Waals surface area contributed by atoms with Crippen LogP contribution in [0.1, 0.15) is 33.6 Å². The molecular formula is C12H22N2O2S. The summed E-state index contributed by atoms with van der Waals surface area (Å²) < 4.78 is 5.22. The van der Waals surface area contributed by atoms with E-state index < -0.39 is 5.60 Å². The Morgan fingerprint density at radius 1 is 1.35 bits per heavy atom. The van der Waals surface area contributed by atoms with Gasteiger partial charge in [0.2, 0.25) is 0 Å². The molecule has 4 nitrogen and oxygen atoms in total. The molecule has 0 aromatic heterocycles.